The van der Waals surface area contributed by atoms with Gasteiger partial charge in [0, 0.05) is 24.1 Å². The van der Waals surface area contributed by atoms with Crippen molar-refractivity contribution in [1.82, 2.24) is 0 Å². The molecule has 108 valence electrons. The number of para-hydroxylation sites is 1. The lowest BCUT2D eigenvalue weighted by Gasteiger charge is -2.36. The van der Waals surface area contributed by atoms with E-state index in [1.165, 1.54) is 12.1 Å². The third-order valence-corrected chi connectivity index (χ3v) is 4.19. The number of nitro groups is 1. The molecule has 0 spiro atoms. The average molecular weight is 300 g/mol. The molecule has 6 nitrogen and oxygen atoms in total. The first-order chi connectivity index (χ1) is 9.50. The second-order valence-corrected chi connectivity index (χ2v) is 5.53. The van der Waals surface area contributed by atoms with Crippen molar-refractivity contribution < 1.29 is 19.2 Å². The molecule has 0 saturated carbocycles. The van der Waals surface area contributed by atoms with Crippen LogP contribution in [0.3, 0.4) is 0 Å². The average Bonchev–Trinajstić information content (AvgIpc) is 2.38. The van der Waals surface area contributed by atoms with Crippen LogP contribution >= 0.6 is 11.8 Å². The van der Waals surface area contributed by atoms with Crippen molar-refractivity contribution in [2.24, 2.45) is 0 Å². The Kier molecular flexibility index (Phi) is 4.43. The van der Waals surface area contributed by atoms with Gasteiger partial charge in [0.25, 0.3) is 0 Å². The summed E-state index contributed by atoms with van der Waals surface area (Å²) in [5.41, 5.74) is -0.434. The van der Waals surface area contributed by atoms with Crippen molar-refractivity contribution >= 4 is 29.1 Å². The number of nitro benzene ring substituents is 1. The quantitative estimate of drug-likeness (QED) is 0.677. The van der Waals surface area contributed by atoms with Gasteiger partial charge in [-0.15, -0.1) is 0 Å². The Morgan fingerprint density at radius 3 is 3.00 bits per heavy atom. The van der Waals surface area contributed by atoms with Crippen molar-refractivity contribution in [3.63, 3.8) is 0 Å². The number of anilines is 1. The van der Waals surface area contributed by atoms with Gasteiger partial charge in [-0.2, -0.15) is 16.2 Å². The molecule has 0 amide bonds. The number of carbonyl (C=O) groups is 1. The van der Waals surface area contributed by atoms with E-state index < -0.39 is 22.4 Å². The minimum atomic E-state index is -0.971. The lowest BCUT2D eigenvalue weighted by molar-refractivity contribution is -0.386. The fourth-order valence-electron chi connectivity index (χ4n) is 2.26. The highest BCUT2D eigenvalue weighted by Crippen LogP contribution is 2.34. The number of nitrogens with zero attached hydrogens (tertiary/aromatic N) is 2. The number of hydrogen-bond acceptors (Lipinski definition) is 5. The zero-order valence-electron chi connectivity index (χ0n) is 10.5. The summed E-state index contributed by atoms with van der Waals surface area (Å²) in [5, 5.41) is 20.0. The number of thioether (sulfide) groups is 1. The molecule has 1 aliphatic rings. The van der Waals surface area contributed by atoms with Gasteiger partial charge in [-0.05, 0) is 12.1 Å². The molecule has 1 unspecified atom stereocenters. The van der Waals surface area contributed by atoms with Crippen molar-refractivity contribution in [3.8, 4) is 0 Å². The van der Waals surface area contributed by atoms with E-state index in [9.17, 15) is 19.3 Å². The van der Waals surface area contributed by atoms with Gasteiger partial charge in [0.1, 0.15) is 5.69 Å². The van der Waals surface area contributed by atoms with Crippen LogP contribution in [0.25, 0.3) is 0 Å². The summed E-state index contributed by atoms with van der Waals surface area (Å²) in [6.45, 7) is 0.465. The number of hydrogen-bond donors (Lipinski definition) is 1. The summed E-state index contributed by atoms with van der Waals surface area (Å²) >= 11 is 1.59. The second kappa shape index (κ2) is 6.08. The van der Waals surface area contributed by atoms with Crippen LogP contribution in [0.1, 0.15) is 6.42 Å². The van der Waals surface area contributed by atoms with E-state index >= 15 is 0 Å². The molecule has 1 N–H and O–H groups in total. The predicted octanol–water partition coefficient (Wildman–Crippen LogP) is 2.13. The third kappa shape index (κ3) is 3.01. The van der Waals surface area contributed by atoms with E-state index in [2.05, 4.69) is 0 Å². The van der Waals surface area contributed by atoms with Gasteiger partial charge >= 0.3 is 11.7 Å². The molecule has 2 rings (SSSR count). The highest BCUT2D eigenvalue weighted by atomic mass is 32.2. The Morgan fingerprint density at radius 2 is 2.35 bits per heavy atom. The molecule has 1 saturated heterocycles. The molecule has 1 heterocycles. The van der Waals surface area contributed by atoms with Gasteiger partial charge in [-0.3, -0.25) is 14.9 Å². The molecule has 8 heteroatoms. The Bertz CT molecular complexity index is 540. The fourth-order valence-corrected chi connectivity index (χ4v) is 3.32. The Morgan fingerprint density at radius 1 is 1.60 bits per heavy atom. The maximum atomic E-state index is 13.7. The van der Waals surface area contributed by atoms with E-state index in [-0.39, 0.29) is 18.2 Å². The Labute approximate surface area is 118 Å². The second-order valence-electron chi connectivity index (χ2n) is 4.38. The van der Waals surface area contributed by atoms with Crippen LogP contribution < -0.4 is 4.90 Å². The molecule has 0 aliphatic carbocycles. The number of benzene rings is 1. The molecule has 0 aromatic heterocycles. The number of carboxylic acid groups (broad SMARTS) is 1. The van der Waals surface area contributed by atoms with Crippen molar-refractivity contribution in [1.29, 1.82) is 0 Å². The summed E-state index contributed by atoms with van der Waals surface area (Å²) in [6, 6.07) is 3.53. The highest BCUT2D eigenvalue weighted by Gasteiger charge is 2.31. The summed E-state index contributed by atoms with van der Waals surface area (Å²) < 4.78 is 13.7. The maximum absolute atomic E-state index is 13.7. The summed E-state index contributed by atoms with van der Waals surface area (Å²) in [4.78, 5) is 22.8. The monoisotopic (exact) mass is 300 g/mol. The third-order valence-electron chi connectivity index (χ3n) is 3.10. The number of carboxylic acids is 1. The lowest BCUT2D eigenvalue weighted by Crippen LogP contribution is -2.44. The first kappa shape index (κ1) is 14.6. The van der Waals surface area contributed by atoms with E-state index in [0.717, 1.165) is 11.8 Å². The molecule has 20 heavy (non-hydrogen) atoms. The van der Waals surface area contributed by atoms with Gasteiger partial charge in [-0.25, -0.2) is 0 Å². The van der Waals surface area contributed by atoms with E-state index in [1.807, 2.05) is 0 Å². The molecule has 1 fully saturated rings. The zero-order chi connectivity index (χ0) is 14.7. The normalized spacial score (nSPS) is 18.9. The van der Waals surface area contributed by atoms with Crippen molar-refractivity contribution in [2.45, 2.75) is 12.5 Å². The van der Waals surface area contributed by atoms with Gasteiger partial charge in [-0.1, -0.05) is 6.07 Å². The van der Waals surface area contributed by atoms with Crippen LogP contribution in [0.2, 0.25) is 0 Å². The van der Waals surface area contributed by atoms with Crippen LogP contribution in [0.15, 0.2) is 18.2 Å². The Balaban J connectivity index is 2.39. The zero-order valence-corrected chi connectivity index (χ0v) is 11.3. The number of rotatable bonds is 4. The van der Waals surface area contributed by atoms with Crippen LogP contribution in [0.5, 0.6) is 0 Å². The van der Waals surface area contributed by atoms with Crippen molar-refractivity contribution in [3.05, 3.63) is 34.1 Å². The SMILES string of the molecule is O=C(O)CC1CSCCN1c1cccc(F)c1[N+](=O)[O-]. The van der Waals surface area contributed by atoms with E-state index in [0.29, 0.717) is 12.3 Å². The lowest BCUT2D eigenvalue weighted by atomic mass is 10.1. The predicted molar refractivity (Wildman–Crippen MR) is 73.8 cm³/mol. The molecule has 1 aromatic rings. The van der Waals surface area contributed by atoms with Crippen LogP contribution in [-0.2, 0) is 4.79 Å². The summed E-state index contributed by atoms with van der Waals surface area (Å²) in [6.07, 6.45) is -0.124. The summed E-state index contributed by atoms with van der Waals surface area (Å²) in [7, 11) is 0. The maximum Gasteiger partial charge on any atom is 0.327 e. The topological polar surface area (TPSA) is 83.7 Å². The first-order valence-electron chi connectivity index (χ1n) is 5.99. The molecule has 0 radical (unpaired) electrons. The minimum absolute atomic E-state index is 0.124. The van der Waals surface area contributed by atoms with E-state index in [4.69, 9.17) is 5.11 Å². The standard InChI is InChI=1S/C12H13FN2O4S/c13-9-2-1-3-10(12(9)15(18)19)14-4-5-20-7-8(14)6-11(16)17/h1-3,8H,4-7H2,(H,16,17). The first-order valence-corrected chi connectivity index (χ1v) is 7.15. The fraction of sp³-hybridized carbons (Fsp3) is 0.417. The van der Waals surface area contributed by atoms with Crippen LogP contribution in [0, 0.1) is 15.9 Å². The Hall–Kier alpha value is -1.83. The molecule has 0 bridgehead atoms. The summed E-state index contributed by atoms with van der Waals surface area (Å²) in [5.74, 6) is -0.592. The van der Waals surface area contributed by atoms with Crippen LogP contribution in [0.4, 0.5) is 15.8 Å². The smallest absolute Gasteiger partial charge is 0.327 e. The number of aliphatic carboxylic acids is 1. The molecule has 1 atom stereocenters. The minimum Gasteiger partial charge on any atom is -0.481 e. The largest absolute Gasteiger partial charge is 0.481 e. The van der Waals surface area contributed by atoms with Gasteiger partial charge in [0.05, 0.1) is 11.3 Å². The molecular formula is C12H13FN2O4S. The molecule has 1 aromatic carbocycles. The van der Waals surface area contributed by atoms with Crippen LogP contribution in [-0.4, -0.2) is 40.1 Å². The van der Waals surface area contributed by atoms with Gasteiger partial charge < -0.3 is 10.0 Å². The van der Waals surface area contributed by atoms with Gasteiger partial charge in [0.2, 0.25) is 5.82 Å². The van der Waals surface area contributed by atoms with E-state index in [1.54, 1.807) is 16.7 Å². The van der Waals surface area contributed by atoms with Gasteiger partial charge in [0.15, 0.2) is 0 Å². The van der Waals surface area contributed by atoms with Crippen molar-refractivity contribution in [2.75, 3.05) is 23.0 Å². The molecule has 1 aliphatic heterocycles. The highest BCUT2D eigenvalue weighted by molar-refractivity contribution is 7.99. The number of halogens is 1. The molecular weight excluding hydrogens is 287 g/mol.